The number of nitrogens with one attached hydrogen (secondary N) is 1. The number of benzene rings is 2. The second kappa shape index (κ2) is 5.94. The van der Waals surface area contributed by atoms with E-state index in [9.17, 15) is 23.3 Å². The molecule has 0 unspecified atom stereocenters. The summed E-state index contributed by atoms with van der Waals surface area (Å²) >= 11 is 0. The fourth-order valence-electron chi connectivity index (χ4n) is 1.81. The maximum absolute atomic E-state index is 12.2. The summed E-state index contributed by atoms with van der Waals surface area (Å²) < 4.78 is 23.1. The van der Waals surface area contributed by atoms with Gasteiger partial charge in [-0.25, -0.2) is 8.42 Å². The number of nitro groups is 1. The summed E-state index contributed by atoms with van der Waals surface area (Å²) in [5.74, 6) is -0.747. The molecule has 1 amide bonds. The van der Waals surface area contributed by atoms with Crippen LogP contribution in [-0.2, 0) is 9.84 Å². The zero-order valence-electron chi connectivity index (χ0n) is 11.5. The first-order valence-corrected chi connectivity index (χ1v) is 8.03. The zero-order chi connectivity index (χ0) is 16.3. The molecule has 2 rings (SSSR count). The maximum atomic E-state index is 12.2. The molecule has 8 heteroatoms. The summed E-state index contributed by atoms with van der Waals surface area (Å²) in [5, 5.41) is 13.5. The molecule has 0 heterocycles. The van der Waals surface area contributed by atoms with E-state index < -0.39 is 26.4 Å². The van der Waals surface area contributed by atoms with E-state index in [-0.39, 0.29) is 10.5 Å². The first kappa shape index (κ1) is 15.6. The second-order valence-electron chi connectivity index (χ2n) is 4.53. The van der Waals surface area contributed by atoms with Crippen molar-refractivity contribution in [3.05, 3.63) is 64.2 Å². The number of hydrogen-bond acceptors (Lipinski definition) is 5. The average Bonchev–Trinajstić information content (AvgIpc) is 2.46. The van der Waals surface area contributed by atoms with E-state index in [4.69, 9.17) is 0 Å². The number of rotatable bonds is 4. The highest BCUT2D eigenvalue weighted by Crippen LogP contribution is 2.23. The van der Waals surface area contributed by atoms with Crippen molar-refractivity contribution in [3.63, 3.8) is 0 Å². The van der Waals surface area contributed by atoms with Gasteiger partial charge < -0.3 is 5.32 Å². The van der Waals surface area contributed by atoms with Gasteiger partial charge in [-0.3, -0.25) is 14.9 Å². The first-order valence-electron chi connectivity index (χ1n) is 6.14. The normalized spacial score (nSPS) is 11.0. The third-order valence-electron chi connectivity index (χ3n) is 2.87. The Morgan fingerprint density at radius 2 is 1.77 bits per heavy atom. The Morgan fingerprint density at radius 3 is 2.32 bits per heavy atom. The molecule has 0 spiro atoms. The standard InChI is InChI=1S/C14H12N2O5S/c1-22(20,21)11-7-8-13(16(18)19)12(9-11)14(17)15-10-5-3-2-4-6-10/h2-9H,1H3,(H,15,17). The number of carbonyl (C=O) groups excluding carboxylic acids is 1. The number of sulfone groups is 1. The van der Waals surface area contributed by atoms with Crippen molar-refractivity contribution in [2.45, 2.75) is 4.90 Å². The molecule has 0 saturated carbocycles. The fraction of sp³-hybridized carbons (Fsp3) is 0.0714. The summed E-state index contributed by atoms with van der Waals surface area (Å²) in [6.45, 7) is 0. The van der Waals surface area contributed by atoms with Crippen molar-refractivity contribution in [1.29, 1.82) is 0 Å². The van der Waals surface area contributed by atoms with Gasteiger partial charge in [-0.15, -0.1) is 0 Å². The molecule has 0 atom stereocenters. The van der Waals surface area contributed by atoms with Crippen LogP contribution in [0.15, 0.2) is 53.4 Å². The molecule has 0 aliphatic carbocycles. The van der Waals surface area contributed by atoms with Crippen molar-refractivity contribution < 1.29 is 18.1 Å². The molecule has 0 radical (unpaired) electrons. The Kier molecular flexibility index (Phi) is 4.22. The van der Waals surface area contributed by atoms with Gasteiger partial charge in [-0.1, -0.05) is 18.2 Å². The van der Waals surface area contributed by atoms with Crippen molar-refractivity contribution in [2.24, 2.45) is 0 Å². The van der Waals surface area contributed by atoms with E-state index in [1.807, 2.05) is 0 Å². The summed E-state index contributed by atoms with van der Waals surface area (Å²) in [6.07, 6.45) is 0.965. The molecule has 1 N–H and O–H groups in total. The summed E-state index contributed by atoms with van der Waals surface area (Å²) in [6, 6.07) is 11.5. The van der Waals surface area contributed by atoms with E-state index in [0.29, 0.717) is 5.69 Å². The Bertz CT molecular complexity index is 832. The molecule has 0 fully saturated rings. The van der Waals surface area contributed by atoms with Gasteiger partial charge in [-0.2, -0.15) is 0 Å². The highest BCUT2D eigenvalue weighted by molar-refractivity contribution is 7.90. The Morgan fingerprint density at radius 1 is 1.14 bits per heavy atom. The summed E-state index contributed by atoms with van der Waals surface area (Å²) in [4.78, 5) is 22.3. The van der Waals surface area contributed by atoms with Gasteiger partial charge in [-0.05, 0) is 24.3 Å². The molecule has 0 saturated heterocycles. The minimum Gasteiger partial charge on any atom is -0.322 e. The molecule has 0 bridgehead atoms. The van der Waals surface area contributed by atoms with Crippen molar-refractivity contribution >= 4 is 27.1 Å². The van der Waals surface area contributed by atoms with Crippen LogP contribution in [0.4, 0.5) is 11.4 Å². The molecule has 0 aliphatic heterocycles. The van der Waals surface area contributed by atoms with Crippen LogP contribution in [-0.4, -0.2) is 25.5 Å². The van der Waals surface area contributed by atoms with Crippen molar-refractivity contribution in [3.8, 4) is 0 Å². The first-order chi connectivity index (χ1) is 10.3. The molecule has 2 aromatic carbocycles. The van der Waals surface area contributed by atoms with Crippen LogP contribution in [0.25, 0.3) is 0 Å². The van der Waals surface area contributed by atoms with Gasteiger partial charge in [0.15, 0.2) is 9.84 Å². The monoisotopic (exact) mass is 320 g/mol. The molecule has 114 valence electrons. The molecular weight excluding hydrogens is 308 g/mol. The third-order valence-corrected chi connectivity index (χ3v) is 3.98. The van der Waals surface area contributed by atoms with Gasteiger partial charge in [0.2, 0.25) is 0 Å². The molecule has 0 aliphatic rings. The van der Waals surface area contributed by atoms with Gasteiger partial charge in [0, 0.05) is 18.0 Å². The number of para-hydroxylation sites is 1. The van der Waals surface area contributed by atoms with Crippen molar-refractivity contribution in [2.75, 3.05) is 11.6 Å². The average molecular weight is 320 g/mol. The number of hydrogen-bond donors (Lipinski definition) is 1. The Labute approximate surface area is 126 Å². The van der Waals surface area contributed by atoms with E-state index in [1.165, 1.54) is 0 Å². The van der Waals surface area contributed by atoms with E-state index in [2.05, 4.69) is 5.32 Å². The van der Waals surface area contributed by atoms with Gasteiger partial charge in [0.25, 0.3) is 11.6 Å². The smallest absolute Gasteiger partial charge is 0.282 e. The quantitative estimate of drug-likeness (QED) is 0.687. The number of anilines is 1. The van der Waals surface area contributed by atoms with Crippen LogP contribution in [0.1, 0.15) is 10.4 Å². The SMILES string of the molecule is CS(=O)(=O)c1ccc([N+](=O)[O-])c(C(=O)Nc2ccccc2)c1. The van der Waals surface area contributed by atoms with Gasteiger partial charge in [0.1, 0.15) is 5.56 Å². The topological polar surface area (TPSA) is 106 Å². The molecular formula is C14H12N2O5S. The predicted octanol–water partition coefficient (Wildman–Crippen LogP) is 2.25. The lowest BCUT2D eigenvalue weighted by Gasteiger charge is -2.07. The lowest BCUT2D eigenvalue weighted by Crippen LogP contribution is -2.15. The lowest BCUT2D eigenvalue weighted by atomic mass is 10.1. The molecule has 0 aromatic heterocycles. The Hall–Kier alpha value is -2.74. The number of amides is 1. The largest absolute Gasteiger partial charge is 0.322 e. The fourth-order valence-corrected chi connectivity index (χ4v) is 2.45. The van der Waals surface area contributed by atoms with E-state index >= 15 is 0 Å². The van der Waals surface area contributed by atoms with E-state index in [1.54, 1.807) is 30.3 Å². The number of nitro benzene ring substituents is 1. The minimum atomic E-state index is -3.58. The van der Waals surface area contributed by atoms with Crippen LogP contribution < -0.4 is 5.32 Å². The van der Waals surface area contributed by atoms with Crippen LogP contribution in [0.3, 0.4) is 0 Å². The minimum absolute atomic E-state index is 0.156. The molecule has 22 heavy (non-hydrogen) atoms. The van der Waals surface area contributed by atoms with Gasteiger partial charge >= 0.3 is 0 Å². The van der Waals surface area contributed by atoms with Crippen molar-refractivity contribution in [1.82, 2.24) is 0 Å². The van der Waals surface area contributed by atoms with Crippen LogP contribution in [0.2, 0.25) is 0 Å². The number of carbonyl (C=O) groups is 1. The highest BCUT2D eigenvalue weighted by atomic mass is 32.2. The van der Waals surface area contributed by atoms with Crippen LogP contribution in [0.5, 0.6) is 0 Å². The molecule has 2 aromatic rings. The summed E-state index contributed by atoms with van der Waals surface area (Å²) in [5.41, 5.74) is -0.316. The zero-order valence-corrected chi connectivity index (χ0v) is 12.3. The molecule has 7 nitrogen and oxygen atoms in total. The number of nitrogens with zero attached hydrogens (tertiary/aromatic N) is 1. The van der Waals surface area contributed by atoms with Crippen LogP contribution >= 0.6 is 0 Å². The maximum Gasteiger partial charge on any atom is 0.282 e. The van der Waals surface area contributed by atoms with E-state index in [0.717, 1.165) is 24.5 Å². The van der Waals surface area contributed by atoms with Crippen LogP contribution in [0, 0.1) is 10.1 Å². The predicted molar refractivity (Wildman–Crippen MR) is 80.6 cm³/mol. The lowest BCUT2D eigenvalue weighted by molar-refractivity contribution is -0.385. The third kappa shape index (κ3) is 3.47. The highest BCUT2D eigenvalue weighted by Gasteiger charge is 2.23. The van der Waals surface area contributed by atoms with Gasteiger partial charge in [0.05, 0.1) is 9.82 Å². The summed E-state index contributed by atoms with van der Waals surface area (Å²) in [7, 11) is -3.58. The second-order valence-corrected chi connectivity index (χ2v) is 6.54. The Balaban J connectivity index is 2.47.